The zero-order chi connectivity index (χ0) is 13.4. The van der Waals surface area contributed by atoms with E-state index >= 15 is 0 Å². The van der Waals surface area contributed by atoms with Crippen molar-refractivity contribution < 1.29 is 0 Å². The number of fused-ring (bicyclic) bond motifs is 3. The number of hydrogen-bond acceptors (Lipinski definition) is 3. The number of imidazole rings is 1. The summed E-state index contributed by atoms with van der Waals surface area (Å²) in [5.41, 5.74) is 2.11. The Morgan fingerprint density at radius 2 is 2.16 bits per heavy atom. The highest BCUT2D eigenvalue weighted by atomic mass is 16.1. The van der Waals surface area contributed by atoms with E-state index in [-0.39, 0.29) is 5.56 Å². The number of aryl methyl sites for hydroxylation is 2. The lowest BCUT2D eigenvalue weighted by molar-refractivity contribution is 0.628. The first-order valence-electron chi connectivity index (χ1n) is 6.52. The molecule has 0 bridgehead atoms. The number of rotatable bonds is 3. The largest absolute Gasteiger partial charge is 0.329 e. The number of pyridine rings is 2. The Morgan fingerprint density at radius 3 is 2.95 bits per heavy atom. The quantitative estimate of drug-likeness (QED) is 0.721. The van der Waals surface area contributed by atoms with Crippen molar-refractivity contribution in [1.29, 1.82) is 0 Å². The first kappa shape index (κ1) is 11.9. The van der Waals surface area contributed by atoms with Crippen LogP contribution in [0.25, 0.3) is 22.1 Å². The van der Waals surface area contributed by atoms with Crippen molar-refractivity contribution in [3.05, 3.63) is 35.0 Å². The maximum absolute atomic E-state index is 12.6. The molecule has 3 rings (SSSR count). The summed E-state index contributed by atoms with van der Waals surface area (Å²) in [6.45, 7) is 2.81. The molecule has 3 heterocycles. The summed E-state index contributed by atoms with van der Waals surface area (Å²) in [5.74, 6) is 0. The molecule has 0 unspecified atom stereocenters. The van der Waals surface area contributed by atoms with Gasteiger partial charge in [-0.05, 0) is 18.6 Å². The van der Waals surface area contributed by atoms with Crippen LogP contribution in [0.1, 0.15) is 19.8 Å². The molecule has 0 amide bonds. The van der Waals surface area contributed by atoms with Crippen LogP contribution in [-0.2, 0) is 13.6 Å². The van der Waals surface area contributed by atoms with Gasteiger partial charge in [0.05, 0.1) is 6.33 Å². The summed E-state index contributed by atoms with van der Waals surface area (Å²) in [6, 6.07) is 3.85. The fraction of sp³-hybridized carbons (Fsp3) is 0.357. The average molecular weight is 256 g/mol. The second-order valence-electron chi connectivity index (χ2n) is 4.74. The molecule has 3 aromatic rings. The van der Waals surface area contributed by atoms with Crippen LogP contribution in [0, 0.1) is 0 Å². The Balaban J connectivity index is 2.46. The highest BCUT2D eigenvalue weighted by Gasteiger charge is 2.14. The first-order valence-corrected chi connectivity index (χ1v) is 6.52. The van der Waals surface area contributed by atoms with Gasteiger partial charge >= 0.3 is 0 Å². The van der Waals surface area contributed by atoms with E-state index in [1.54, 1.807) is 21.7 Å². The molecule has 0 saturated heterocycles. The Morgan fingerprint density at radius 1 is 1.32 bits per heavy atom. The van der Waals surface area contributed by atoms with Crippen molar-refractivity contribution >= 4 is 22.1 Å². The highest BCUT2D eigenvalue weighted by molar-refractivity contribution is 6.00. The molecule has 0 aliphatic rings. The van der Waals surface area contributed by atoms with Crippen LogP contribution in [0.5, 0.6) is 0 Å². The molecule has 0 aliphatic heterocycles. The van der Waals surface area contributed by atoms with Crippen LogP contribution in [-0.4, -0.2) is 19.1 Å². The van der Waals surface area contributed by atoms with Gasteiger partial charge < -0.3 is 4.57 Å². The summed E-state index contributed by atoms with van der Waals surface area (Å²) in [4.78, 5) is 21.3. The van der Waals surface area contributed by atoms with Gasteiger partial charge in [0.15, 0.2) is 0 Å². The highest BCUT2D eigenvalue weighted by Crippen LogP contribution is 2.19. The zero-order valence-corrected chi connectivity index (χ0v) is 11.1. The molecular weight excluding hydrogens is 240 g/mol. The van der Waals surface area contributed by atoms with Crippen LogP contribution in [0.4, 0.5) is 0 Å². The molecule has 0 spiro atoms. The van der Waals surface area contributed by atoms with E-state index in [0.717, 1.165) is 29.4 Å². The minimum Gasteiger partial charge on any atom is -0.329 e. The lowest BCUT2D eigenvalue weighted by Crippen LogP contribution is -2.23. The van der Waals surface area contributed by atoms with E-state index in [1.165, 1.54) is 0 Å². The third-order valence-electron chi connectivity index (χ3n) is 3.42. The normalized spacial score (nSPS) is 11.5. The van der Waals surface area contributed by atoms with Crippen molar-refractivity contribution in [2.75, 3.05) is 0 Å². The van der Waals surface area contributed by atoms with Crippen LogP contribution >= 0.6 is 0 Å². The first-order chi connectivity index (χ1) is 9.24. The molecule has 0 aliphatic carbocycles. The molecule has 0 fully saturated rings. The fourth-order valence-corrected chi connectivity index (χ4v) is 2.42. The van der Waals surface area contributed by atoms with E-state index < -0.39 is 0 Å². The van der Waals surface area contributed by atoms with Crippen molar-refractivity contribution in [2.45, 2.75) is 26.3 Å². The SMILES string of the molecule is CCCCn1c(=O)c2c(ncn2C)c2cccnc21. The minimum atomic E-state index is -0.00495. The number of hydrogen-bond donors (Lipinski definition) is 0. The van der Waals surface area contributed by atoms with Gasteiger partial charge in [0, 0.05) is 25.2 Å². The van der Waals surface area contributed by atoms with Gasteiger partial charge in [-0.3, -0.25) is 9.36 Å². The molecule has 3 aromatic heterocycles. The maximum atomic E-state index is 12.6. The minimum absolute atomic E-state index is 0.00495. The Labute approximate surface area is 110 Å². The number of nitrogens with zero attached hydrogens (tertiary/aromatic N) is 4. The zero-order valence-electron chi connectivity index (χ0n) is 11.1. The second kappa shape index (κ2) is 4.50. The maximum Gasteiger partial charge on any atom is 0.278 e. The van der Waals surface area contributed by atoms with Crippen LogP contribution in [0.2, 0.25) is 0 Å². The molecule has 5 nitrogen and oxygen atoms in total. The van der Waals surface area contributed by atoms with E-state index in [4.69, 9.17) is 0 Å². The van der Waals surface area contributed by atoms with E-state index in [1.807, 2.05) is 19.2 Å². The van der Waals surface area contributed by atoms with Crippen LogP contribution in [0.3, 0.4) is 0 Å². The molecule has 0 aromatic carbocycles. The third kappa shape index (κ3) is 1.73. The Bertz CT molecular complexity index is 800. The summed E-state index contributed by atoms with van der Waals surface area (Å²) in [5, 5.41) is 0.939. The van der Waals surface area contributed by atoms with Crippen molar-refractivity contribution in [2.24, 2.45) is 7.05 Å². The van der Waals surface area contributed by atoms with Gasteiger partial charge in [-0.25, -0.2) is 9.97 Å². The molecule has 98 valence electrons. The van der Waals surface area contributed by atoms with E-state index in [0.29, 0.717) is 12.1 Å². The van der Waals surface area contributed by atoms with Crippen LogP contribution < -0.4 is 5.56 Å². The molecule has 19 heavy (non-hydrogen) atoms. The molecule has 0 N–H and O–H groups in total. The summed E-state index contributed by atoms with van der Waals surface area (Å²) in [7, 11) is 1.85. The van der Waals surface area contributed by atoms with Crippen molar-refractivity contribution in [3.63, 3.8) is 0 Å². The van der Waals surface area contributed by atoms with Gasteiger partial charge in [-0.1, -0.05) is 13.3 Å². The molecule has 0 atom stereocenters. The van der Waals surface area contributed by atoms with Crippen LogP contribution in [0.15, 0.2) is 29.5 Å². The van der Waals surface area contributed by atoms with Gasteiger partial charge in [0.2, 0.25) is 0 Å². The number of aromatic nitrogens is 4. The Kier molecular flexibility index (Phi) is 2.81. The Hall–Kier alpha value is -2.17. The molecule has 5 heteroatoms. The van der Waals surface area contributed by atoms with Gasteiger partial charge in [0.1, 0.15) is 16.7 Å². The standard InChI is InChI=1S/C14H16N4O/c1-3-4-8-18-13-10(6-5-7-15-13)11-12(14(18)19)17(2)9-16-11/h5-7,9H,3-4,8H2,1-2H3. The average Bonchev–Trinajstić information content (AvgIpc) is 2.81. The summed E-state index contributed by atoms with van der Waals surface area (Å²) in [6.07, 6.45) is 5.42. The monoisotopic (exact) mass is 256 g/mol. The topological polar surface area (TPSA) is 52.7 Å². The fourth-order valence-electron chi connectivity index (χ4n) is 2.42. The molecular formula is C14H16N4O. The summed E-state index contributed by atoms with van der Waals surface area (Å²) < 4.78 is 3.55. The number of unbranched alkanes of at least 4 members (excludes halogenated alkanes) is 1. The van der Waals surface area contributed by atoms with Gasteiger partial charge in [-0.2, -0.15) is 0 Å². The molecule has 0 saturated carbocycles. The third-order valence-corrected chi connectivity index (χ3v) is 3.42. The smallest absolute Gasteiger partial charge is 0.278 e. The predicted octanol–water partition coefficient (Wildman–Crippen LogP) is 2.08. The van der Waals surface area contributed by atoms with Gasteiger partial charge in [0.25, 0.3) is 5.56 Å². The van der Waals surface area contributed by atoms with Gasteiger partial charge in [-0.15, -0.1) is 0 Å². The second-order valence-corrected chi connectivity index (χ2v) is 4.74. The van der Waals surface area contributed by atoms with Crippen molar-refractivity contribution in [3.8, 4) is 0 Å². The van der Waals surface area contributed by atoms with E-state index in [9.17, 15) is 4.79 Å². The summed E-state index contributed by atoms with van der Waals surface area (Å²) >= 11 is 0. The predicted molar refractivity (Wildman–Crippen MR) is 75.2 cm³/mol. The van der Waals surface area contributed by atoms with E-state index in [2.05, 4.69) is 16.9 Å². The lowest BCUT2D eigenvalue weighted by atomic mass is 10.2. The van der Waals surface area contributed by atoms with Crippen molar-refractivity contribution in [1.82, 2.24) is 19.1 Å². The molecule has 0 radical (unpaired) electrons. The lowest BCUT2D eigenvalue weighted by Gasteiger charge is -2.09.